The van der Waals surface area contributed by atoms with Crippen molar-refractivity contribution in [3.8, 4) is 0 Å². The van der Waals surface area contributed by atoms with E-state index in [-0.39, 0.29) is 30.4 Å². The molecule has 4 rings (SSSR count). The monoisotopic (exact) mass is 416 g/mol. The molecule has 0 bridgehead atoms. The number of likely N-dealkylation sites (tertiary alicyclic amines) is 1. The van der Waals surface area contributed by atoms with Crippen molar-refractivity contribution in [1.29, 1.82) is 0 Å². The Morgan fingerprint density at radius 3 is 2.83 bits per heavy atom. The van der Waals surface area contributed by atoms with Crippen molar-refractivity contribution in [3.05, 3.63) is 29.2 Å². The summed E-state index contributed by atoms with van der Waals surface area (Å²) in [5, 5.41) is 11.4. The number of nitrogens with one attached hydrogen (secondary N) is 1. The van der Waals surface area contributed by atoms with Crippen LogP contribution in [0.3, 0.4) is 0 Å². The predicted molar refractivity (Wildman–Crippen MR) is 106 cm³/mol. The molecule has 0 aromatic carbocycles. The maximum absolute atomic E-state index is 12.9. The van der Waals surface area contributed by atoms with Crippen molar-refractivity contribution in [3.63, 3.8) is 0 Å². The molecular weight excluding hydrogens is 388 g/mol. The Morgan fingerprint density at radius 2 is 2.20 bits per heavy atom. The van der Waals surface area contributed by atoms with E-state index in [1.54, 1.807) is 22.7 Å². The highest BCUT2D eigenvalue weighted by Crippen LogP contribution is 2.50. The number of carbonyl (C=O) groups is 2. The number of ether oxygens (including phenoxy) is 1. The third-order valence-corrected chi connectivity index (χ3v) is 6.43. The Labute approximate surface area is 174 Å². The summed E-state index contributed by atoms with van der Waals surface area (Å²) in [6, 6.07) is -0.0428. The predicted octanol–water partition coefficient (Wildman–Crippen LogP) is 0.838. The fourth-order valence-corrected chi connectivity index (χ4v) is 4.97. The normalized spacial score (nSPS) is 25.5. The van der Waals surface area contributed by atoms with Gasteiger partial charge in [-0.3, -0.25) is 14.3 Å². The van der Waals surface area contributed by atoms with E-state index in [1.165, 1.54) is 7.11 Å². The van der Waals surface area contributed by atoms with E-state index >= 15 is 0 Å². The van der Waals surface area contributed by atoms with Gasteiger partial charge in [0.2, 0.25) is 11.8 Å². The number of hydrogen-bond donors (Lipinski definition) is 1. The Hall–Kier alpha value is -2.75. The van der Waals surface area contributed by atoms with Crippen molar-refractivity contribution in [2.45, 2.75) is 51.6 Å². The summed E-state index contributed by atoms with van der Waals surface area (Å²) in [6.07, 6.45) is 3.00. The number of carbonyl (C=O) groups excluding carboxylic acids is 2. The Bertz CT molecular complexity index is 953. The SMILES string of the molecule is CCn1ncc(C(=O)N[C@@H]2C[C@H]3CN(C(=O)COC)C[C@@]3(c3nc(C)no3)C2)c1C. The minimum Gasteiger partial charge on any atom is -0.375 e. The van der Waals surface area contributed by atoms with Crippen molar-refractivity contribution in [1.82, 2.24) is 30.1 Å². The average Bonchev–Trinajstić information content (AvgIpc) is 3.44. The molecule has 10 nitrogen and oxygen atoms in total. The van der Waals surface area contributed by atoms with Gasteiger partial charge in [-0.2, -0.15) is 10.1 Å². The minimum atomic E-state index is -0.453. The van der Waals surface area contributed by atoms with Gasteiger partial charge in [0.15, 0.2) is 5.82 Å². The molecule has 2 aromatic heterocycles. The molecule has 3 heterocycles. The highest BCUT2D eigenvalue weighted by molar-refractivity contribution is 5.95. The maximum atomic E-state index is 12.9. The lowest BCUT2D eigenvalue weighted by Crippen LogP contribution is -2.40. The van der Waals surface area contributed by atoms with Gasteiger partial charge in [0.1, 0.15) is 6.61 Å². The van der Waals surface area contributed by atoms with Gasteiger partial charge in [-0.15, -0.1) is 0 Å². The minimum absolute atomic E-state index is 0.0428. The van der Waals surface area contributed by atoms with Crippen molar-refractivity contribution in [2.75, 3.05) is 26.8 Å². The molecule has 0 radical (unpaired) electrons. The first-order valence-electron chi connectivity index (χ1n) is 10.3. The lowest BCUT2D eigenvalue weighted by atomic mass is 9.80. The molecule has 1 aliphatic heterocycles. The van der Waals surface area contributed by atoms with Gasteiger partial charge in [-0.25, -0.2) is 0 Å². The van der Waals surface area contributed by atoms with E-state index in [9.17, 15) is 9.59 Å². The second-order valence-electron chi connectivity index (χ2n) is 8.28. The molecule has 162 valence electrons. The summed E-state index contributed by atoms with van der Waals surface area (Å²) in [4.78, 5) is 31.6. The zero-order chi connectivity index (χ0) is 21.5. The number of aromatic nitrogens is 4. The quantitative estimate of drug-likeness (QED) is 0.742. The maximum Gasteiger partial charge on any atom is 0.254 e. The Morgan fingerprint density at radius 1 is 1.40 bits per heavy atom. The molecule has 3 atom stereocenters. The second-order valence-corrected chi connectivity index (χ2v) is 8.28. The molecular formula is C20H28N6O4. The smallest absolute Gasteiger partial charge is 0.254 e. The van der Waals surface area contributed by atoms with Crippen LogP contribution >= 0.6 is 0 Å². The van der Waals surface area contributed by atoms with Gasteiger partial charge < -0.3 is 19.5 Å². The highest BCUT2D eigenvalue weighted by atomic mass is 16.5. The van der Waals surface area contributed by atoms with Gasteiger partial charge in [-0.1, -0.05) is 5.16 Å². The number of amides is 2. The molecule has 2 aromatic rings. The van der Waals surface area contributed by atoms with Gasteiger partial charge in [0.05, 0.1) is 17.2 Å². The van der Waals surface area contributed by atoms with Crippen LogP contribution in [0.25, 0.3) is 0 Å². The zero-order valence-electron chi connectivity index (χ0n) is 17.8. The first kappa shape index (κ1) is 20.5. The first-order chi connectivity index (χ1) is 14.4. The van der Waals surface area contributed by atoms with Crippen LogP contribution in [0.2, 0.25) is 0 Å². The summed E-state index contributed by atoms with van der Waals surface area (Å²) in [7, 11) is 1.51. The molecule has 0 spiro atoms. The third kappa shape index (κ3) is 3.38. The molecule has 30 heavy (non-hydrogen) atoms. The van der Waals surface area contributed by atoms with E-state index in [4.69, 9.17) is 9.26 Å². The molecule has 2 aliphatic rings. The standard InChI is InChI=1S/C20H28N6O4/c1-5-26-12(2)16(8-21-26)18(28)23-15-6-14-9-25(17(27)10-29-4)11-20(14,7-15)19-22-13(3)24-30-19/h8,14-15H,5-7,9-11H2,1-4H3,(H,23,28)/t14-,15+,20-/m0/s1. The molecule has 1 saturated heterocycles. The number of hydrogen-bond acceptors (Lipinski definition) is 7. The van der Waals surface area contributed by atoms with Crippen LogP contribution < -0.4 is 5.32 Å². The van der Waals surface area contributed by atoms with Crippen LogP contribution in [0.15, 0.2) is 10.7 Å². The second kappa shape index (κ2) is 7.82. The molecule has 2 fully saturated rings. The lowest BCUT2D eigenvalue weighted by Gasteiger charge is -2.25. The summed E-state index contributed by atoms with van der Waals surface area (Å²) in [5.41, 5.74) is 0.992. The third-order valence-electron chi connectivity index (χ3n) is 6.43. The van der Waals surface area contributed by atoms with E-state index in [2.05, 4.69) is 20.6 Å². The van der Waals surface area contributed by atoms with E-state index in [1.807, 2.05) is 13.8 Å². The van der Waals surface area contributed by atoms with Gasteiger partial charge in [0, 0.05) is 38.5 Å². The van der Waals surface area contributed by atoms with Crippen LogP contribution in [-0.2, 0) is 21.5 Å². The summed E-state index contributed by atoms with van der Waals surface area (Å²) in [6.45, 7) is 7.51. The van der Waals surface area contributed by atoms with Crippen LogP contribution in [0.4, 0.5) is 0 Å². The molecule has 1 aliphatic carbocycles. The number of nitrogens with zero attached hydrogens (tertiary/aromatic N) is 5. The highest BCUT2D eigenvalue weighted by Gasteiger charge is 2.58. The molecule has 1 saturated carbocycles. The molecule has 10 heteroatoms. The molecule has 1 N–H and O–H groups in total. The lowest BCUT2D eigenvalue weighted by molar-refractivity contribution is -0.134. The largest absolute Gasteiger partial charge is 0.375 e. The average molecular weight is 416 g/mol. The van der Waals surface area contributed by atoms with Crippen molar-refractivity contribution < 1.29 is 18.8 Å². The summed E-state index contributed by atoms with van der Waals surface area (Å²) in [5.74, 6) is 1.06. The topological polar surface area (TPSA) is 115 Å². The van der Waals surface area contributed by atoms with Crippen LogP contribution in [0.5, 0.6) is 0 Å². The number of rotatable bonds is 6. The summed E-state index contributed by atoms with van der Waals surface area (Å²) < 4.78 is 12.4. The van der Waals surface area contributed by atoms with Gasteiger partial charge in [-0.05, 0) is 39.5 Å². The van der Waals surface area contributed by atoms with E-state index in [0.717, 1.165) is 18.7 Å². The van der Waals surface area contributed by atoms with Crippen molar-refractivity contribution in [2.24, 2.45) is 5.92 Å². The van der Waals surface area contributed by atoms with E-state index in [0.29, 0.717) is 36.8 Å². The van der Waals surface area contributed by atoms with Crippen LogP contribution in [-0.4, -0.2) is 69.5 Å². The Balaban J connectivity index is 1.54. The van der Waals surface area contributed by atoms with Gasteiger partial charge in [0.25, 0.3) is 5.91 Å². The van der Waals surface area contributed by atoms with Crippen molar-refractivity contribution >= 4 is 11.8 Å². The Kier molecular flexibility index (Phi) is 5.35. The zero-order valence-corrected chi connectivity index (χ0v) is 17.8. The van der Waals surface area contributed by atoms with Crippen LogP contribution in [0, 0.1) is 19.8 Å². The van der Waals surface area contributed by atoms with Gasteiger partial charge >= 0.3 is 0 Å². The summed E-state index contributed by atoms with van der Waals surface area (Å²) >= 11 is 0. The number of aryl methyl sites for hydroxylation is 2. The number of fused-ring (bicyclic) bond motifs is 1. The molecule has 0 unspecified atom stereocenters. The van der Waals surface area contributed by atoms with Crippen LogP contribution in [0.1, 0.15) is 47.5 Å². The fraction of sp³-hybridized carbons (Fsp3) is 0.650. The fourth-order valence-electron chi connectivity index (χ4n) is 4.97. The van der Waals surface area contributed by atoms with E-state index < -0.39 is 5.41 Å². The first-order valence-corrected chi connectivity index (χ1v) is 10.3. The number of methoxy groups -OCH3 is 1. The molecule has 2 amide bonds.